The van der Waals surface area contributed by atoms with Crippen molar-refractivity contribution in [2.24, 2.45) is 11.8 Å². The van der Waals surface area contributed by atoms with Crippen LogP contribution in [0.2, 0.25) is 0 Å². The van der Waals surface area contributed by atoms with Crippen molar-refractivity contribution >= 4 is 0 Å². The molecule has 0 spiro atoms. The Morgan fingerprint density at radius 1 is 1.27 bits per heavy atom. The van der Waals surface area contributed by atoms with Crippen LogP contribution in [0.4, 0.5) is 0 Å². The van der Waals surface area contributed by atoms with Crippen LogP contribution in [0.15, 0.2) is 0 Å². The monoisotopic (exact) mass is 191 g/mol. The zero-order valence-electron chi connectivity index (χ0n) is 8.17. The predicted molar refractivity (Wildman–Crippen MR) is 47.5 cm³/mol. The summed E-state index contributed by atoms with van der Waals surface area (Å²) in [5.41, 5.74) is 0. The molecular formula is C10H20V. The fourth-order valence-corrected chi connectivity index (χ4v) is 0.903. The van der Waals surface area contributed by atoms with E-state index in [0.717, 1.165) is 11.8 Å². The predicted octanol–water partition coefficient (Wildman–Crippen LogP) is 3.48. The van der Waals surface area contributed by atoms with Gasteiger partial charge < -0.3 is 12.8 Å². The van der Waals surface area contributed by atoms with Crippen LogP contribution in [-0.2, 0) is 18.6 Å². The standard InChI is InChI=1S/C7H13.C3H7.V/c1-6(2)7-4-3-5-7;1-3-2;/h3,6-7H,4-5H2,1-2H3;3H,1-2H3;/q2*-1;+2. The minimum Gasteiger partial charge on any atom is -0.335 e. The minimum absolute atomic E-state index is 0. The summed E-state index contributed by atoms with van der Waals surface area (Å²) in [4.78, 5) is 0. The first kappa shape index (κ1) is 14.1. The second-order valence-electron chi connectivity index (χ2n) is 3.34. The summed E-state index contributed by atoms with van der Waals surface area (Å²) in [5, 5.41) is 0. The van der Waals surface area contributed by atoms with Crippen LogP contribution in [0.25, 0.3) is 0 Å². The normalized spacial score (nSPS) is 16.1. The topological polar surface area (TPSA) is 0 Å². The SMILES string of the molecule is CC(C)C1C[CH-]C1.C[CH-]C.[V+2]. The van der Waals surface area contributed by atoms with Crippen LogP contribution in [0.5, 0.6) is 0 Å². The molecule has 0 unspecified atom stereocenters. The fraction of sp³-hybridized carbons (Fsp3) is 0.800. The molecule has 0 nitrogen and oxygen atoms in total. The molecule has 1 rings (SSSR count). The van der Waals surface area contributed by atoms with Gasteiger partial charge in [-0.1, -0.05) is 19.8 Å². The minimum atomic E-state index is 0. The molecule has 1 saturated carbocycles. The molecule has 0 amide bonds. The van der Waals surface area contributed by atoms with Crippen molar-refractivity contribution in [3.63, 3.8) is 0 Å². The zero-order chi connectivity index (χ0) is 7.98. The van der Waals surface area contributed by atoms with Crippen molar-refractivity contribution in [2.45, 2.75) is 40.5 Å². The molecule has 0 aromatic rings. The van der Waals surface area contributed by atoms with E-state index >= 15 is 0 Å². The van der Waals surface area contributed by atoms with Crippen LogP contribution in [0.3, 0.4) is 0 Å². The largest absolute Gasteiger partial charge is 2.00 e. The molecule has 0 atom stereocenters. The van der Waals surface area contributed by atoms with E-state index < -0.39 is 0 Å². The molecule has 1 radical (unpaired) electrons. The van der Waals surface area contributed by atoms with Gasteiger partial charge in [0.05, 0.1) is 0 Å². The first-order chi connectivity index (χ1) is 4.72. The third kappa shape index (κ3) is 6.96. The Balaban J connectivity index is 0. The van der Waals surface area contributed by atoms with Gasteiger partial charge in [0.25, 0.3) is 0 Å². The fourth-order valence-electron chi connectivity index (χ4n) is 0.903. The van der Waals surface area contributed by atoms with Gasteiger partial charge in [-0.15, -0.1) is 0 Å². The quantitative estimate of drug-likeness (QED) is 0.556. The van der Waals surface area contributed by atoms with E-state index in [9.17, 15) is 0 Å². The van der Waals surface area contributed by atoms with E-state index in [1.165, 1.54) is 12.8 Å². The van der Waals surface area contributed by atoms with Gasteiger partial charge in [-0.05, 0) is 5.92 Å². The Labute approximate surface area is 84.0 Å². The van der Waals surface area contributed by atoms with Crippen LogP contribution in [0.1, 0.15) is 40.5 Å². The third-order valence-electron chi connectivity index (χ3n) is 1.88. The molecule has 0 aliphatic heterocycles. The summed E-state index contributed by atoms with van der Waals surface area (Å²) in [5.74, 6) is 1.95. The van der Waals surface area contributed by atoms with Gasteiger partial charge in [0.1, 0.15) is 0 Å². The van der Waals surface area contributed by atoms with Crippen LogP contribution in [-0.4, -0.2) is 0 Å². The number of hydrogen-bond donors (Lipinski definition) is 0. The number of rotatable bonds is 1. The summed E-state index contributed by atoms with van der Waals surface area (Å²) in [7, 11) is 0. The van der Waals surface area contributed by atoms with Gasteiger partial charge in [-0.3, -0.25) is 0 Å². The van der Waals surface area contributed by atoms with Crippen molar-refractivity contribution in [1.29, 1.82) is 0 Å². The molecule has 11 heavy (non-hydrogen) atoms. The van der Waals surface area contributed by atoms with Crippen LogP contribution < -0.4 is 0 Å². The van der Waals surface area contributed by atoms with Crippen molar-refractivity contribution in [3.05, 3.63) is 12.8 Å². The van der Waals surface area contributed by atoms with Gasteiger partial charge in [0.15, 0.2) is 0 Å². The maximum Gasteiger partial charge on any atom is 2.00 e. The van der Waals surface area contributed by atoms with Gasteiger partial charge in [-0.2, -0.15) is 26.7 Å². The van der Waals surface area contributed by atoms with Gasteiger partial charge in [0.2, 0.25) is 0 Å². The Morgan fingerprint density at radius 2 is 1.64 bits per heavy atom. The van der Waals surface area contributed by atoms with E-state index in [1.54, 1.807) is 0 Å². The van der Waals surface area contributed by atoms with Gasteiger partial charge in [0, 0.05) is 0 Å². The number of hydrogen-bond acceptors (Lipinski definition) is 0. The molecule has 0 saturated heterocycles. The zero-order valence-corrected chi connectivity index (χ0v) is 9.57. The molecule has 1 fully saturated rings. The summed E-state index contributed by atoms with van der Waals surface area (Å²) < 4.78 is 0. The van der Waals surface area contributed by atoms with Crippen molar-refractivity contribution < 1.29 is 18.6 Å². The second kappa shape index (κ2) is 8.68. The first-order valence-electron chi connectivity index (χ1n) is 4.28. The van der Waals surface area contributed by atoms with E-state index in [4.69, 9.17) is 0 Å². The van der Waals surface area contributed by atoms with Crippen molar-refractivity contribution in [3.8, 4) is 0 Å². The summed E-state index contributed by atoms with van der Waals surface area (Å²) in [6.07, 6.45) is 7.11. The van der Waals surface area contributed by atoms with Gasteiger partial charge >= 0.3 is 18.6 Å². The summed E-state index contributed by atoms with van der Waals surface area (Å²) in [6.45, 7) is 8.61. The third-order valence-corrected chi connectivity index (χ3v) is 1.88. The Kier molecular flexibility index (Phi) is 11.1. The van der Waals surface area contributed by atoms with Crippen molar-refractivity contribution in [2.75, 3.05) is 0 Å². The molecule has 0 aromatic carbocycles. The van der Waals surface area contributed by atoms with Crippen LogP contribution in [0, 0.1) is 24.7 Å². The molecule has 1 aliphatic carbocycles. The first-order valence-corrected chi connectivity index (χ1v) is 4.28. The maximum absolute atomic E-state index is 2.37. The Hall–Kier alpha value is 0.584. The molecule has 0 bridgehead atoms. The summed E-state index contributed by atoms with van der Waals surface area (Å²) in [6, 6.07) is 0. The average Bonchev–Trinajstić information content (AvgIpc) is 1.59. The molecule has 0 N–H and O–H groups in total. The summed E-state index contributed by atoms with van der Waals surface area (Å²) >= 11 is 0. The second-order valence-corrected chi connectivity index (χ2v) is 3.34. The molecular weight excluding hydrogens is 171 g/mol. The van der Waals surface area contributed by atoms with E-state index in [-0.39, 0.29) is 18.6 Å². The molecule has 1 heteroatoms. The maximum atomic E-state index is 2.37. The average molecular weight is 191 g/mol. The van der Waals surface area contributed by atoms with Crippen molar-refractivity contribution in [1.82, 2.24) is 0 Å². The Bertz CT molecular complexity index is 65.3. The van der Waals surface area contributed by atoms with Crippen LogP contribution >= 0.6 is 0 Å². The van der Waals surface area contributed by atoms with E-state index in [2.05, 4.69) is 20.3 Å². The molecule has 0 aromatic heterocycles. The molecule has 1 aliphatic rings. The molecule has 65 valence electrons. The van der Waals surface area contributed by atoms with E-state index in [0.29, 0.717) is 0 Å². The van der Waals surface area contributed by atoms with Gasteiger partial charge in [-0.25, -0.2) is 0 Å². The Morgan fingerprint density at radius 3 is 1.64 bits per heavy atom. The van der Waals surface area contributed by atoms with E-state index in [1.807, 2.05) is 20.3 Å². The smallest absolute Gasteiger partial charge is 0.335 e. The molecule has 0 heterocycles.